The smallest absolute Gasteiger partial charge is 0.407 e. The van der Waals surface area contributed by atoms with Crippen molar-refractivity contribution in [1.82, 2.24) is 5.32 Å². The lowest BCUT2D eigenvalue weighted by Gasteiger charge is -2.19. The quantitative estimate of drug-likeness (QED) is 0.902. The first kappa shape index (κ1) is 15.6. The van der Waals surface area contributed by atoms with Gasteiger partial charge in [-0.3, -0.25) is 0 Å². The SMILES string of the molecule is Cc1cccc(C=CCNC(=O)OC(C)(C)C)c1Cl. The highest BCUT2D eigenvalue weighted by Crippen LogP contribution is 2.21. The van der Waals surface area contributed by atoms with Gasteiger partial charge >= 0.3 is 6.09 Å². The van der Waals surface area contributed by atoms with Crippen LogP contribution in [0.15, 0.2) is 24.3 Å². The number of nitrogens with one attached hydrogen (secondary N) is 1. The van der Waals surface area contributed by atoms with E-state index in [9.17, 15) is 4.79 Å². The molecule has 1 amide bonds. The maximum atomic E-state index is 11.4. The number of amides is 1. The minimum atomic E-state index is -0.479. The van der Waals surface area contributed by atoms with Crippen molar-refractivity contribution >= 4 is 23.8 Å². The molecule has 1 rings (SSSR count). The van der Waals surface area contributed by atoms with Gasteiger partial charge in [0.25, 0.3) is 0 Å². The summed E-state index contributed by atoms with van der Waals surface area (Å²) in [6.07, 6.45) is 3.30. The molecule has 1 aromatic rings. The number of alkyl carbamates (subject to hydrolysis) is 1. The Labute approximate surface area is 119 Å². The van der Waals surface area contributed by atoms with Crippen molar-refractivity contribution in [2.24, 2.45) is 0 Å². The van der Waals surface area contributed by atoms with E-state index < -0.39 is 11.7 Å². The standard InChI is InChI=1S/C15H20ClNO2/c1-11-7-5-8-12(13(11)16)9-6-10-17-14(18)19-15(2,3)4/h5-9H,10H2,1-4H3,(H,17,18). The van der Waals surface area contributed by atoms with Gasteiger partial charge in [-0.05, 0) is 38.8 Å². The van der Waals surface area contributed by atoms with Gasteiger partial charge in [-0.15, -0.1) is 0 Å². The lowest BCUT2D eigenvalue weighted by atomic mass is 10.1. The molecule has 0 radical (unpaired) electrons. The van der Waals surface area contributed by atoms with Crippen molar-refractivity contribution in [2.75, 3.05) is 6.54 Å². The Bertz CT molecular complexity index is 476. The van der Waals surface area contributed by atoms with Crippen LogP contribution in [-0.2, 0) is 4.74 Å². The van der Waals surface area contributed by atoms with Crippen molar-refractivity contribution in [1.29, 1.82) is 0 Å². The Morgan fingerprint density at radius 1 is 1.42 bits per heavy atom. The van der Waals surface area contributed by atoms with Gasteiger partial charge in [0.05, 0.1) is 5.02 Å². The molecular weight excluding hydrogens is 262 g/mol. The van der Waals surface area contributed by atoms with Crippen LogP contribution in [0.5, 0.6) is 0 Å². The van der Waals surface area contributed by atoms with Crippen LogP contribution in [0, 0.1) is 6.92 Å². The van der Waals surface area contributed by atoms with Crippen molar-refractivity contribution in [3.05, 3.63) is 40.4 Å². The third-order valence-electron chi connectivity index (χ3n) is 2.28. The highest BCUT2D eigenvalue weighted by molar-refractivity contribution is 6.32. The molecule has 0 unspecified atom stereocenters. The molecule has 0 atom stereocenters. The van der Waals surface area contributed by atoms with Crippen molar-refractivity contribution in [2.45, 2.75) is 33.3 Å². The summed E-state index contributed by atoms with van der Waals surface area (Å²) in [6.45, 7) is 7.84. The fourth-order valence-corrected chi connectivity index (χ4v) is 1.63. The van der Waals surface area contributed by atoms with Crippen LogP contribution in [-0.4, -0.2) is 18.2 Å². The maximum Gasteiger partial charge on any atom is 0.407 e. The highest BCUT2D eigenvalue weighted by atomic mass is 35.5. The predicted molar refractivity (Wildman–Crippen MR) is 79.5 cm³/mol. The Hall–Kier alpha value is -1.48. The first-order chi connectivity index (χ1) is 8.79. The van der Waals surface area contributed by atoms with Crippen molar-refractivity contribution in [3.8, 4) is 0 Å². The number of hydrogen-bond acceptors (Lipinski definition) is 2. The normalized spacial score (nSPS) is 11.6. The Kier molecular flexibility index (Phi) is 5.43. The summed E-state index contributed by atoms with van der Waals surface area (Å²) in [5.74, 6) is 0. The molecule has 0 aliphatic carbocycles. The van der Waals surface area contributed by atoms with Gasteiger partial charge in [-0.2, -0.15) is 0 Å². The van der Waals surface area contributed by atoms with Crippen molar-refractivity contribution in [3.63, 3.8) is 0 Å². The molecule has 0 aromatic heterocycles. The number of hydrogen-bond donors (Lipinski definition) is 1. The zero-order valence-electron chi connectivity index (χ0n) is 11.8. The van der Waals surface area contributed by atoms with Crippen LogP contribution in [0.3, 0.4) is 0 Å². The van der Waals surface area contributed by atoms with Gasteiger partial charge in [0.2, 0.25) is 0 Å². The highest BCUT2D eigenvalue weighted by Gasteiger charge is 2.14. The molecule has 0 saturated heterocycles. The molecular formula is C15H20ClNO2. The molecule has 0 saturated carbocycles. The fraction of sp³-hybridized carbons (Fsp3) is 0.400. The first-order valence-corrected chi connectivity index (χ1v) is 6.56. The summed E-state index contributed by atoms with van der Waals surface area (Å²) < 4.78 is 5.12. The molecule has 0 aliphatic rings. The van der Waals surface area contributed by atoms with Crippen LogP contribution in [0.4, 0.5) is 4.79 Å². The second kappa shape index (κ2) is 6.62. The first-order valence-electron chi connectivity index (χ1n) is 6.18. The summed E-state index contributed by atoms with van der Waals surface area (Å²) in [5, 5.41) is 3.38. The molecule has 0 spiro atoms. The summed E-state index contributed by atoms with van der Waals surface area (Å²) in [5.41, 5.74) is 1.49. The molecule has 0 bridgehead atoms. The summed E-state index contributed by atoms with van der Waals surface area (Å²) >= 11 is 6.16. The van der Waals surface area contributed by atoms with Crippen LogP contribution < -0.4 is 5.32 Å². The largest absolute Gasteiger partial charge is 0.444 e. The third-order valence-corrected chi connectivity index (χ3v) is 2.80. The van der Waals surface area contributed by atoms with Crippen LogP contribution in [0.25, 0.3) is 6.08 Å². The van der Waals surface area contributed by atoms with E-state index in [0.29, 0.717) is 6.54 Å². The number of halogens is 1. The molecule has 104 valence electrons. The van der Waals surface area contributed by atoms with Gasteiger partial charge in [-0.1, -0.05) is 42.0 Å². The van der Waals surface area contributed by atoms with Gasteiger partial charge in [0.15, 0.2) is 0 Å². The average molecular weight is 282 g/mol. The number of carbonyl (C=O) groups excluding carboxylic acids is 1. The number of rotatable bonds is 3. The zero-order valence-corrected chi connectivity index (χ0v) is 12.5. The number of ether oxygens (including phenoxy) is 1. The van der Waals surface area contributed by atoms with E-state index in [4.69, 9.17) is 16.3 Å². The predicted octanol–water partition coefficient (Wildman–Crippen LogP) is 4.19. The average Bonchev–Trinajstić information content (AvgIpc) is 2.27. The van der Waals surface area contributed by atoms with E-state index in [-0.39, 0.29) is 0 Å². The van der Waals surface area contributed by atoms with E-state index in [1.54, 1.807) is 0 Å². The maximum absolute atomic E-state index is 11.4. The minimum absolute atomic E-state index is 0.402. The fourth-order valence-electron chi connectivity index (χ4n) is 1.44. The van der Waals surface area contributed by atoms with Crippen LogP contribution >= 0.6 is 11.6 Å². The molecule has 0 heterocycles. The minimum Gasteiger partial charge on any atom is -0.444 e. The van der Waals surface area contributed by atoms with Gasteiger partial charge in [-0.25, -0.2) is 4.79 Å². The molecule has 3 nitrogen and oxygen atoms in total. The number of benzene rings is 1. The molecule has 1 N–H and O–H groups in total. The summed E-state index contributed by atoms with van der Waals surface area (Å²) in [6, 6.07) is 5.83. The number of aryl methyl sites for hydroxylation is 1. The monoisotopic (exact) mass is 281 g/mol. The number of carbonyl (C=O) groups is 1. The van der Waals surface area contributed by atoms with E-state index in [0.717, 1.165) is 16.1 Å². The Balaban J connectivity index is 2.47. The lowest BCUT2D eigenvalue weighted by Crippen LogP contribution is -2.32. The second-order valence-corrected chi connectivity index (χ2v) is 5.64. The topological polar surface area (TPSA) is 38.3 Å². The molecule has 19 heavy (non-hydrogen) atoms. The third kappa shape index (κ3) is 5.79. The lowest BCUT2D eigenvalue weighted by molar-refractivity contribution is 0.0534. The molecule has 4 heteroatoms. The van der Waals surface area contributed by atoms with Crippen LogP contribution in [0.1, 0.15) is 31.9 Å². The summed E-state index contributed by atoms with van der Waals surface area (Å²) in [4.78, 5) is 11.4. The Morgan fingerprint density at radius 3 is 2.74 bits per heavy atom. The van der Waals surface area contributed by atoms with E-state index >= 15 is 0 Å². The van der Waals surface area contributed by atoms with Gasteiger partial charge < -0.3 is 10.1 Å². The second-order valence-electron chi connectivity index (χ2n) is 5.26. The summed E-state index contributed by atoms with van der Waals surface area (Å²) in [7, 11) is 0. The van der Waals surface area contributed by atoms with Crippen molar-refractivity contribution < 1.29 is 9.53 Å². The van der Waals surface area contributed by atoms with Gasteiger partial charge in [0, 0.05) is 6.54 Å². The van der Waals surface area contributed by atoms with Gasteiger partial charge in [0.1, 0.15) is 5.60 Å². The van der Waals surface area contributed by atoms with E-state index in [1.807, 2.05) is 58.0 Å². The van der Waals surface area contributed by atoms with Crippen LogP contribution in [0.2, 0.25) is 5.02 Å². The van der Waals surface area contributed by atoms with E-state index in [2.05, 4.69) is 5.32 Å². The molecule has 0 fully saturated rings. The molecule has 0 aliphatic heterocycles. The molecule has 1 aromatic carbocycles. The van der Waals surface area contributed by atoms with E-state index in [1.165, 1.54) is 0 Å². The Morgan fingerprint density at radius 2 is 2.11 bits per heavy atom. The zero-order chi connectivity index (χ0) is 14.5.